The van der Waals surface area contributed by atoms with E-state index in [1.807, 2.05) is 13.8 Å². The van der Waals surface area contributed by atoms with E-state index >= 15 is 0 Å². The molecule has 0 fully saturated rings. The number of hydrogen-bond donors (Lipinski definition) is 2. The summed E-state index contributed by atoms with van der Waals surface area (Å²) in [7, 11) is 0. The van der Waals surface area contributed by atoms with E-state index in [2.05, 4.69) is 22.9 Å². The smallest absolute Gasteiger partial charge is 0.295 e. The van der Waals surface area contributed by atoms with Crippen molar-refractivity contribution in [1.29, 1.82) is 0 Å². The van der Waals surface area contributed by atoms with Crippen LogP contribution in [0.1, 0.15) is 59.5 Å². The van der Waals surface area contributed by atoms with E-state index in [-0.39, 0.29) is 16.7 Å². The zero-order valence-electron chi connectivity index (χ0n) is 14.3. The van der Waals surface area contributed by atoms with Crippen LogP contribution >= 0.6 is 0 Å². The number of rotatable bonds is 6. The molecule has 0 radical (unpaired) electrons. The van der Waals surface area contributed by atoms with Crippen LogP contribution in [0.5, 0.6) is 0 Å². The van der Waals surface area contributed by atoms with Gasteiger partial charge in [0.1, 0.15) is 0 Å². The molecule has 6 heteroatoms. The molecule has 0 bridgehead atoms. The minimum Gasteiger partial charge on any atom is -0.295 e. The fraction of sp³-hybridized carbons (Fsp3) is 0.333. The van der Waals surface area contributed by atoms with Crippen molar-refractivity contribution >= 4 is 11.9 Å². The summed E-state index contributed by atoms with van der Waals surface area (Å²) in [5.74, 6) is -2.06. The SMILES string of the molecule is C=CC(C)(C)c1ccc(C(=O)OO)c(C(C)(C)C=C)c1C(=O)OO. The molecule has 6 nitrogen and oxygen atoms in total. The van der Waals surface area contributed by atoms with E-state index < -0.39 is 22.8 Å². The Kier molecular flexibility index (Phi) is 5.71. The molecule has 1 aromatic rings. The normalized spacial score (nSPS) is 11.6. The third kappa shape index (κ3) is 3.39. The molecule has 0 aliphatic rings. The van der Waals surface area contributed by atoms with Gasteiger partial charge in [-0.05, 0) is 17.2 Å². The minimum atomic E-state index is -1.03. The topological polar surface area (TPSA) is 93.1 Å². The average Bonchev–Trinajstić information content (AvgIpc) is 2.58. The molecule has 2 N–H and O–H groups in total. The summed E-state index contributed by atoms with van der Waals surface area (Å²) in [5.41, 5.74) is -0.835. The summed E-state index contributed by atoms with van der Waals surface area (Å²) >= 11 is 0. The number of carbonyl (C=O) groups excluding carboxylic acids is 2. The largest absolute Gasteiger partial charge is 0.373 e. The van der Waals surface area contributed by atoms with Crippen LogP contribution in [0.4, 0.5) is 0 Å². The third-order valence-electron chi connectivity index (χ3n) is 4.15. The molecule has 1 aromatic carbocycles. The maximum Gasteiger partial charge on any atom is 0.373 e. The molecule has 0 amide bonds. The predicted molar refractivity (Wildman–Crippen MR) is 89.0 cm³/mol. The Hall–Kier alpha value is -2.44. The van der Waals surface area contributed by atoms with Gasteiger partial charge in [0.25, 0.3) is 0 Å². The lowest BCUT2D eigenvalue weighted by atomic mass is 9.73. The van der Waals surface area contributed by atoms with Gasteiger partial charge in [0.05, 0.1) is 11.1 Å². The lowest BCUT2D eigenvalue weighted by molar-refractivity contribution is -0.183. The van der Waals surface area contributed by atoms with E-state index in [9.17, 15) is 9.59 Å². The molecule has 0 saturated carbocycles. The first-order chi connectivity index (χ1) is 11.1. The van der Waals surface area contributed by atoms with Crippen LogP contribution in [0.3, 0.4) is 0 Å². The maximum atomic E-state index is 12.3. The Morgan fingerprint density at radius 3 is 1.88 bits per heavy atom. The van der Waals surface area contributed by atoms with Gasteiger partial charge >= 0.3 is 11.9 Å². The van der Waals surface area contributed by atoms with E-state index in [1.54, 1.807) is 19.9 Å². The molecule has 0 heterocycles. The quantitative estimate of drug-likeness (QED) is 0.466. The van der Waals surface area contributed by atoms with Crippen LogP contribution in [0, 0.1) is 0 Å². The van der Waals surface area contributed by atoms with Crippen molar-refractivity contribution in [3.63, 3.8) is 0 Å². The Labute approximate surface area is 140 Å². The van der Waals surface area contributed by atoms with Gasteiger partial charge < -0.3 is 0 Å². The minimum absolute atomic E-state index is 0.00444. The van der Waals surface area contributed by atoms with Gasteiger partial charge in [-0.25, -0.2) is 9.59 Å². The van der Waals surface area contributed by atoms with Crippen molar-refractivity contribution in [1.82, 2.24) is 0 Å². The molecule has 0 aromatic heterocycles. The number of benzene rings is 1. The van der Waals surface area contributed by atoms with Crippen LogP contribution in [-0.4, -0.2) is 22.5 Å². The zero-order valence-corrected chi connectivity index (χ0v) is 14.3. The summed E-state index contributed by atoms with van der Waals surface area (Å²) in [6.07, 6.45) is 3.17. The van der Waals surface area contributed by atoms with Crippen LogP contribution in [0.2, 0.25) is 0 Å². The van der Waals surface area contributed by atoms with Crippen LogP contribution in [-0.2, 0) is 20.6 Å². The van der Waals surface area contributed by atoms with Crippen molar-refractivity contribution < 1.29 is 29.9 Å². The van der Waals surface area contributed by atoms with E-state index in [4.69, 9.17) is 10.5 Å². The van der Waals surface area contributed by atoms with Gasteiger partial charge in [0, 0.05) is 10.8 Å². The molecule has 0 spiro atoms. The van der Waals surface area contributed by atoms with E-state index in [1.165, 1.54) is 18.2 Å². The van der Waals surface area contributed by atoms with Crippen LogP contribution < -0.4 is 0 Å². The van der Waals surface area contributed by atoms with Gasteiger partial charge in [-0.2, -0.15) is 10.5 Å². The summed E-state index contributed by atoms with van der Waals surface area (Å²) < 4.78 is 0. The predicted octanol–water partition coefficient (Wildman–Crippen LogP) is 3.87. The molecular weight excluding hydrogens is 312 g/mol. The van der Waals surface area contributed by atoms with Crippen molar-refractivity contribution in [2.45, 2.75) is 38.5 Å². The molecular formula is C18H22O6. The van der Waals surface area contributed by atoms with Gasteiger partial charge in [-0.15, -0.1) is 13.2 Å². The highest BCUT2D eigenvalue weighted by atomic mass is 17.1. The highest BCUT2D eigenvalue weighted by Crippen LogP contribution is 2.38. The molecule has 0 saturated heterocycles. The third-order valence-corrected chi connectivity index (χ3v) is 4.15. The summed E-state index contributed by atoms with van der Waals surface area (Å²) in [4.78, 5) is 32.0. The van der Waals surface area contributed by atoms with E-state index in [0.717, 1.165) is 0 Å². The second-order valence-electron chi connectivity index (χ2n) is 6.52. The monoisotopic (exact) mass is 334 g/mol. The summed E-state index contributed by atoms with van der Waals surface area (Å²) in [6.45, 7) is 14.6. The number of carbonyl (C=O) groups is 2. The second kappa shape index (κ2) is 6.98. The van der Waals surface area contributed by atoms with Crippen molar-refractivity contribution in [2.75, 3.05) is 0 Å². The zero-order chi connectivity index (χ0) is 18.7. The first kappa shape index (κ1) is 19.6. The Morgan fingerprint density at radius 1 is 0.958 bits per heavy atom. The second-order valence-corrected chi connectivity index (χ2v) is 6.52. The fourth-order valence-corrected chi connectivity index (χ4v) is 2.50. The molecule has 0 aliphatic carbocycles. The Bertz CT molecular complexity index is 685. The number of allylic oxidation sites excluding steroid dienone is 2. The maximum absolute atomic E-state index is 12.3. The average molecular weight is 334 g/mol. The first-order valence-corrected chi connectivity index (χ1v) is 7.24. The molecule has 130 valence electrons. The van der Waals surface area contributed by atoms with Crippen LogP contribution in [0.25, 0.3) is 0 Å². The van der Waals surface area contributed by atoms with Gasteiger partial charge in [0.15, 0.2) is 0 Å². The lowest BCUT2D eigenvalue weighted by Crippen LogP contribution is -2.28. The van der Waals surface area contributed by atoms with Crippen molar-refractivity contribution in [3.8, 4) is 0 Å². The first-order valence-electron chi connectivity index (χ1n) is 7.24. The highest BCUT2D eigenvalue weighted by Gasteiger charge is 2.36. The molecule has 0 atom stereocenters. The standard InChI is InChI=1S/C18H22O6/c1-7-17(3,4)12-10-9-11(15(19)23-21)14(18(5,6)8-2)13(12)16(20)24-22/h7-10,21-22H,1-2H2,3-6H3. The Morgan fingerprint density at radius 2 is 1.46 bits per heavy atom. The Balaban J connectivity index is 4.05. The van der Waals surface area contributed by atoms with E-state index in [0.29, 0.717) is 5.56 Å². The molecule has 24 heavy (non-hydrogen) atoms. The van der Waals surface area contributed by atoms with Gasteiger partial charge in [0.2, 0.25) is 0 Å². The summed E-state index contributed by atoms with van der Waals surface area (Å²) in [6, 6.07) is 2.97. The van der Waals surface area contributed by atoms with Crippen molar-refractivity contribution in [3.05, 3.63) is 59.7 Å². The van der Waals surface area contributed by atoms with Crippen LogP contribution in [0.15, 0.2) is 37.4 Å². The fourth-order valence-electron chi connectivity index (χ4n) is 2.50. The molecule has 0 aliphatic heterocycles. The molecule has 1 rings (SSSR count). The highest BCUT2D eigenvalue weighted by molar-refractivity contribution is 6.00. The number of hydrogen-bond acceptors (Lipinski definition) is 6. The summed E-state index contributed by atoms with van der Waals surface area (Å²) in [5, 5.41) is 17.7. The van der Waals surface area contributed by atoms with Gasteiger partial charge in [-0.1, -0.05) is 45.9 Å². The van der Waals surface area contributed by atoms with Crippen molar-refractivity contribution in [2.24, 2.45) is 0 Å². The van der Waals surface area contributed by atoms with Gasteiger partial charge in [-0.3, -0.25) is 9.78 Å². The lowest BCUT2D eigenvalue weighted by Gasteiger charge is -2.30. The molecule has 0 unspecified atom stereocenters.